The van der Waals surface area contributed by atoms with Crippen molar-refractivity contribution in [3.05, 3.63) is 46.8 Å². The lowest BCUT2D eigenvalue weighted by atomic mass is 10.0. The maximum atomic E-state index is 13.4. The number of ether oxygens (including phenoxy) is 2. The van der Waals surface area contributed by atoms with Crippen LogP contribution in [0.2, 0.25) is 0 Å². The number of carbonyl (C=O) groups is 1. The van der Waals surface area contributed by atoms with Gasteiger partial charge in [0.25, 0.3) is 5.91 Å². The van der Waals surface area contributed by atoms with Gasteiger partial charge in [0.15, 0.2) is 0 Å². The fraction of sp³-hybridized carbons (Fsp3) is 0.600. The number of rotatable bonds is 9. The molecule has 0 atom stereocenters. The lowest BCUT2D eigenvalue weighted by molar-refractivity contribution is 0.0281. The Morgan fingerprint density at radius 1 is 1.16 bits per heavy atom. The molecule has 1 aromatic carbocycles. The van der Waals surface area contributed by atoms with Gasteiger partial charge in [0.1, 0.15) is 18.1 Å². The molecule has 2 aliphatic rings. The minimum atomic E-state index is 0.107. The third-order valence-electron chi connectivity index (χ3n) is 6.63. The standard InChI is InChI=1S/C25H35N3O4/c1-19-24(20(2)32-26-19)18-31-23-8-6-21(7-9-23)25(29)28(22-10-16-30-17-11-22)15-5-14-27-12-3-4-13-27/h6-9,22H,3-5,10-18H2,1-2H3. The summed E-state index contributed by atoms with van der Waals surface area (Å²) in [6.45, 7) is 9.91. The molecule has 4 rings (SSSR count). The van der Waals surface area contributed by atoms with Crippen LogP contribution in [0.3, 0.4) is 0 Å². The van der Waals surface area contributed by atoms with E-state index in [1.54, 1.807) is 0 Å². The Bertz CT molecular complexity index is 848. The number of amides is 1. The highest BCUT2D eigenvalue weighted by molar-refractivity contribution is 5.94. The first-order valence-corrected chi connectivity index (χ1v) is 11.9. The number of aryl methyl sites for hydroxylation is 2. The van der Waals surface area contributed by atoms with Crippen molar-refractivity contribution in [2.45, 2.75) is 58.6 Å². The number of likely N-dealkylation sites (tertiary alicyclic amines) is 1. The van der Waals surface area contributed by atoms with Gasteiger partial charge in [-0.25, -0.2) is 0 Å². The molecule has 3 heterocycles. The number of benzene rings is 1. The smallest absolute Gasteiger partial charge is 0.254 e. The average Bonchev–Trinajstić information content (AvgIpc) is 3.45. The first-order chi connectivity index (χ1) is 15.6. The SMILES string of the molecule is Cc1noc(C)c1COc1ccc(C(=O)N(CCCN2CCCC2)C2CCOCC2)cc1. The van der Waals surface area contributed by atoms with Crippen molar-refractivity contribution < 1.29 is 18.8 Å². The molecule has 174 valence electrons. The zero-order valence-corrected chi connectivity index (χ0v) is 19.3. The van der Waals surface area contributed by atoms with Gasteiger partial charge >= 0.3 is 0 Å². The molecule has 0 unspecified atom stereocenters. The molecule has 1 amide bonds. The number of hydrogen-bond acceptors (Lipinski definition) is 6. The van der Waals surface area contributed by atoms with Crippen molar-refractivity contribution >= 4 is 5.91 Å². The van der Waals surface area contributed by atoms with Crippen LogP contribution in [-0.4, -0.2) is 66.3 Å². The quantitative estimate of drug-likeness (QED) is 0.586. The predicted molar refractivity (Wildman–Crippen MR) is 122 cm³/mol. The zero-order chi connectivity index (χ0) is 22.3. The highest BCUT2D eigenvalue weighted by Gasteiger charge is 2.26. The van der Waals surface area contributed by atoms with E-state index in [9.17, 15) is 4.79 Å². The predicted octanol–water partition coefficient (Wildman–Crippen LogP) is 3.98. The molecule has 2 fully saturated rings. The van der Waals surface area contributed by atoms with Crippen LogP contribution in [0.25, 0.3) is 0 Å². The van der Waals surface area contributed by atoms with Gasteiger partial charge in [-0.1, -0.05) is 5.16 Å². The van der Waals surface area contributed by atoms with Gasteiger partial charge in [0.05, 0.1) is 11.3 Å². The summed E-state index contributed by atoms with van der Waals surface area (Å²) in [6, 6.07) is 7.75. The van der Waals surface area contributed by atoms with Crippen LogP contribution in [0.4, 0.5) is 0 Å². The highest BCUT2D eigenvalue weighted by Crippen LogP contribution is 2.22. The van der Waals surface area contributed by atoms with Crippen LogP contribution < -0.4 is 4.74 Å². The maximum absolute atomic E-state index is 13.4. The van der Waals surface area contributed by atoms with Gasteiger partial charge in [-0.2, -0.15) is 0 Å². The van der Waals surface area contributed by atoms with Crippen molar-refractivity contribution in [2.75, 3.05) is 39.4 Å². The maximum Gasteiger partial charge on any atom is 0.254 e. The van der Waals surface area contributed by atoms with Crippen molar-refractivity contribution in [2.24, 2.45) is 0 Å². The van der Waals surface area contributed by atoms with Gasteiger partial charge in [0, 0.05) is 31.4 Å². The van der Waals surface area contributed by atoms with Gasteiger partial charge in [0.2, 0.25) is 0 Å². The van der Waals surface area contributed by atoms with Crippen LogP contribution in [0.1, 0.15) is 59.5 Å². The summed E-state index contributed by atoms with van der Waals surface area (Å²) in [5.41, 5.74) is 2.52. The van der Waals surface area contributed by atoms with Crippen molar-refractivity contribution in [3.63, 3.8) is 0 Å². The second-order valence-corrected chi connectivity index (χ2v) is 8.86. The van der Waals surface area contributed by atoms with Crippen molar-refractivity contribution in [3.8, 4) is 5.75 Å². The van der Waals surface area contributed by atoms with Crippen molar-refractivity contribution in [1.29, 1.82) is 0 Å². The van der Waals surface area contributed by atoms with E-state index >= 15 is 0 Å². The Hall–Kier alpha value is -2.38. The molecule has 0 saturated carbocycles. The number of nitrogens with zero attached hydrogens (tertiary/aromatic N) is 3. The molecular formula is C25H35N3O4. The van der Waals surface area contributed by atoms with Gasteiger partial charge in [-0.15, -0.1) is 0 Å². The third-order valence-corrected chi connectivity index (χ3v) is 6.63. The molecule has 0 aliphatic carbocycles. The molecule has 0 radical (unpaired) electrons. The van der Waals surface area contributed by atoms with E-state index in [1.165, 1.54) is 25.9 Å². The second kappa shape index (κ2) is 11.0. The topological polar surface area (TPSA) is 68.0 Å². The summed E-state index contributed by atoms with van der Waals surface area (Å²) >= 11 is 0. The molecule has 32 heavy (non-hydrogen) atoms. The number of carbonyl (C=O) groups excluding carboxylic acids is 1. The van der Waals surface area contributed by atoms with Crippen LogP contribution in [0.15, 0.2) is 28.8 Å². The first-order valence-electron chi connectivity index (χ1n) is 11.9. The van der Waals surface area contributed by atoms with E-state index in [2.05, 4.69) is 15.0 Å². The van der Waals surface area contributed by atoms with E-state index in [0.717, 1.165) is 68.3 Å². The van der Waals surface area contributed by atoms with Crippen LogP contribution in [0.5, 0.6) is 5.75 Å². The van der Waals surface area contributed by atoms with Crippen LogP contribution in [-0.2, 0) is 11.3 Å². The summed E-state index contributed by atoms with van der Waals surface area (Å²) in [5, 5.41) is 3.96. The van der Waals surface area contributed by atoms with E-state index in [1.807, 2.05) is 38.1 Å². The summed E-state index contributed by atoms with van der Waals surface area (Å²) < 4.78 is 16.6. The van der Waals surface area contributed by atoms with Gasteiger partial charge in [-0.05, 0) is 89.9 Å². The van der Waals surface area contributed by atoms with Gasteiger partial charge < -0.3 is 23.8 Å². The van der Waals surface area contributed by atoms with E-state index in [4.69, 9.17) is 14.0 Å². The van der Waals surface area contributed by atoms with Crippen LogP contribution in [0, 0.1) is 13.8 Å². The van der Waals surface area contributed by atoms with Gasteiger partial charge in [-0.3, -0.25) is 4.79 Å². The number of hydrogen-bond donors (Lipinski definition) is 0. The Balaban J connectivity index is 1.37. The molecule has 7 nitrogen and oxygen atoms in total. The van der Waals surface area contributed by atoms with E-state index in [0.29, 0.717) is 12.2 Å². The van der Waals surface area contributed by atoms with E-state index < -0.39 is 0 Å². The summed E-state index contributed by atoms with van der Waals surface area (Å²) in [4.78, 5) is 18.0. The summed E-state index contributed by atoms with van der Waals surface area (Å²) in [6.07, 6.45) is 5.43. The highest BCUT2D eigenvalue weighted by atomic mass is 16.5. The lowest BCUT2D eigenvalue weighted by Crippen LogP contribution is -2.44. The largest absolute Gasteiger partial charge is 0.489 e. The molecule has 0 bridgehead atoms. The number of aromatic nitrogens is 1. The first kappa shape index (κ1) is 22.8. The fourth-order valence-electron chi connectivity index (χ4n) is 4.64. The van der Waals surface area contributed by atoms with Crippen LogP contribution >= 0.6 is 0 Å². The van der Waals surface area contributed by atoms with E-state index in [-0.39, 0.29) is 11.9 Å². The third kappa shape index (κ3) is 5.70. The summed E-state index contributed by atoms with van der Waals surface area (Å²) in [5.74, 6) is 1.61. The molecular weight excluding hydrogens is 406 g/mol. The normalized spacial score (nSPS) is 17.6. The molecule has 1 aromatic heterocycles. The fourth-order valence-corrected chi connectivity index (χ4v) is 4.64. The Morgan fingerprint density at radius 2 is 1.88 bits per heavy atom. The lowest BCUT2D eigenvalue weighted by Gasteiger charge is -2.35. The second-order valence-electron chi connectivity index (χ2n) is 8.86. The Morgan fingerprint density at radius 3 is 2.53 bits per heavy atom. The molecule has 0 spiro atoms. The molecule has 2 aromatic rings. The molecule has 7 heteroatoms. The molecule has 0 N–H and O–H groups in total. The Kier molecular flexibility index (Phi) is 7.81. The Labute approximate surface area is 190 Å². The minimum absolute atomic E-state index is 0.107. The minimum Gasteiger partial charge on any atom is -0.489 e. The zero-order valence-electron chi connectivity index (χ0n) is 19.3. The van der Waals surface area contributed by atoms with Crippen molar-refractivity contribution in [1.82, 2.24) is 15.0 Å². The molecule has 2 saturated heterocycles. The summed E-state index contributed by atoms with van der Waals surface area (Å²) in [7, 11) is 0. The molecule has 2 aliphatic heterocycles. The monoisotopic (exact) mass is 441 g/mol. The average molecular weight is 442 g/mol.